The summed E-state index contributed by atoms with van der Waals surface area (Å²) in [6.45, 7) is 1.88. The van der Waals surface area contributed by atoms with Crippen LogP contribution in [0, 0.1) is 18.3 Å². The predicted molar refractivity (Wildman–Crippen MR) is 60.9 cm³/mol. The van der Waals surface area contributed by atoms with Gasteiger partial charge < -0.3 is 0 Å². The van der Waals surface area contributed by atoms with Crippen LogP contribution in [-0.4, -0.2) is 27.2 Å². The molecule has 0 bridgehead atoms. The van der Waals surface area contributed by atoms with Crippen molar-refractivity contribution in [3.63, 3.8) is 0 Å². The van der Waals surface area contributed by atoms with Gasteiger partial charge in [-0.15, -0.1) is 0 Å². The molecule has 0 radical (unpaired) electrons. The van der Waals surface area contributed by atoms with Crippen LogP contribution in [0.2, 0.25) is 0 Å². The maximum Gasteiger partial charge on any atom is 0.170 e. The van der Waals surface area contributed by atoms with E-state index in [9.17, 15) is 0 Å². The molecule has 1 aliphatic rings. The summed E-state index contributed by atoms with van der Waals surface area (Å²) in [6.07, 6.45) is 2.42. The molecule has 80 valence electrons. The fraction of sp³-hybridized carbons (Fsp3) is 0.667. The molecule has 2 rings (SSSR count). The van der Waals surface area contributed by atoms with Crippen LogP contribution in [-0.2, 0) is 0 Å². The highest BCUT2D eigenvalue weighted by Crippen LogP contribution is 2.23. The minimum absolute atomic E-state index is 0.0632. The van der Waals surface area contributed by atoms with E-state index in [0.29, 0.717) is 6.04 Å². The van der Waals surface area contributed by atoms with Gasteiger partial charge in [-0.3, -0.25) is 5.32 Å². The number of hydrogen-bond donors (Lipinski definition) is 1. The molecule has 6 heteroatoms. The van der Waals surface area contributed by atoms with Crippen molar-refractivity contribution in [2.75, 3.05) is 5.75 Å². The van der Waals surface area contributed by atoms with Gasteiger partial charge in [0.05, 0.1) is 6.07 Å². The molecule has 1 heterocycles. The average molecular weight is 240 g/mol. The number of thioether (sulfide) groups is 1. The molecule has 1 saturated carbocycles. The van der Waals surface area contributed by atoms with Crippen molar-refractivity contribution >= 4 is 23.3 Å². The number of aryl methyl sites for hydroxylation is 1. The summed E-state index contributed by atoms with van der Waals surface area (Å²) >= 11 is 3.00. The summed E-state index contributed by atoms with van der Waals surface area (Å²) in [4.78, 5) is 4.24. The molecule has 1 aromatic rings. The van der Waals surface area contributed by atoms with Gasteiger partial charge in [-0.2, -0.15) is 9.64 Å². The third-order valence-corrected chi connectivity index (χ3v) is 4.07. The average Bonchev–Trinajstić information content (AvgIpc) is 2.95. The monoisotopic (exact) mass is 240 g/mol. The lowest BCUT2D eigenvalue weighted by Crippen LogP contribution is -2.31. The Bertz CT molecular complexity index is 366. The van der Waals surface area contributed by atoms with Crippen LogP contribution in [0.1, 0.15) is 18.7 Å². The lowest BCUT2D eigenvalue weighted by molar-refractivity contribution is 0.644. The van der Waals surface area contributed by atoms with E-state index >= 15 is 0 Å². The van der Waals surface area contributed by atoms with Crippen LogP contribution in [0.3, 0.4) is 0 Å². The van der Waals surface area contributed by atoms with Crippen LogP contribution >= 0.6 is 23.3 Å². The maximum absolute atomic E-state index is 8.93. The summed E-state index contributed by atoms with van der Waals surface area (Å²) in [5.41, 5.74) is 0. The molecule has 0 aromatic carbocycles. The minimum atomic E-state index is -0.0632. The van der Waals surface area contributed by atoms with E-state index in [-0.39, 0.29) is 6.04 Å². The van der Waals surface area contributed by atoms with Gasteiger partial charge in [0.2, 0.25) is 0 Å². The summed E-state index contributed by atoms with van der Waals surface area (Å²) in [5.74, 6) is 1.56. The van der Waals surface area contributed by atoms with Crippen LogP contribution in [0.25, 0.3) is 0 Å². The third kappa shape index (κ3) is 3.45. The first-order valence-corrected chi connectivity index (χ1v) is 6.62. The molecule has 0 aliphatic heterocycles. The highest BCUT2D eigenvalue weighted by Gasteiger charge is 2.24. The smallest absolute Gasteiger partial charge is 0.170 e. The highest BCUT2D eigenvalue weighted by atomic mass is 32.2. The van der Waals surface area contributed by atoms with Crippen molar-refractivity contribution in [3.8, 4) is 6.07 Å². The Balaban J connectivity index is 1.77. The van der Waals surface area contributed by atoms with Crippen molar-refractivity contribution in [1.82, 2.24) is 14.7 Å². The Morgan fingerprint density at radius 1 is 1.73 bits per heavy atom. The molecule has 0 spiro atoms. The van der Waals surface area contributed by atoms with Gasteiger partial charge in [-0.25, -0.2) is 4.98 Å². The maximum atomic E-state index is 8.93. The second-order valence-corrected chi connectivity index (χ2v) is 5.56. The summed E-state index contributed by atoms with van der Waals surface area (Å²) in [6, 6.07) is 2.79. The Hall–Kier alpha value is -0.640. The third-order valence-electron chi connectivity index (χ3n) is 2.05. The molecular weight excluding hydrogens is 228 g/mol. The van der Waals surface area contributed by atoms with E-state index < -0.39 is 0 Å². The highest BCUT2D eigenvalue weighted by molar-refractivity contribution is 8.00. The SMILES string of the molecule is Cc1nsc(SCC(C#N)NC2CC2)n1. The van der Waals surface area contributed by atoms with Gasteiger partial charge >= 0.3 is 0 Å². The number of nitrogens with zero attached hydrogens (tertiary/aromatic N) is 3. The molecule has 1 aliphatic carbocycles. The molecule has 1 N–H and O–H groups in total. The van der Waals surface area contributed by atoms with Gasteiger partial charge in [0, 0.05) is 11.8 Å². The van der Waals surface area contributed by atoms with Crippen molar-refractivity contribution in [1.29, 1.82) is 5.26 Å². The van der Waals surface area contributed by atoms with Crippen molar-refractivity contribution in [3.05, 3.63) is 5.82 Å². The Morgan fingerprint density at radius 3 is 3.07 bits per heavy atom. The lowest BCUT2D eigenvalue weighted by atomic mass is 10.4. The van der Waals surface area contributed by atoms with Crippen LogP contribution in [0.5, 0.6) is 0 Å². The van der Waals surface area contributed by atoms with E-state index in [4.69, 9.17) is 5.26 Å². The fourth-order valence-electron chi connectivity index (χ4n) is 1.15. The number of aromatic nitrogens is 2. The van der Waals surface area contributed by atoms with Gasteiger partial charge in [0.25, 0.3) is 0 Å². The van der Waals surface area contributed by atoms with Crippen molar-refractivity contribution in [2.24, 2.45) is 0 Å². The Morgan fingerprint density at radius 2 is 2.53 bits per heavy atom. The summed E-state index contributed by atoms with van der Waals surface area (Å²) < 4.78 is 5.05. The second-order valence-electron chi connectivity index (χ2n) is 3.54. The van der Waals surface area contributed by atoms with E-state index in [1.54, 1.807) is 11.8 Å². The van der Waals surface area contributed by atoms with E-state index in [1.165, 1.54) is 24.4 Å². The number of hydrogen-bond acceptors (Lipinski definition) is 6. The zero-order valence-electron chi connectivity index (χ0n) is 8.43. The number of nitrogens with one attached hydrogen (secondary N) is 1. The predicted octanol–water partition coefficient (Wildman–Crippen LogP) is 1.58. The molecule has 1 atom stereocenters. The first-order chi connectivity index (χ1) is 7.28. The molecule has 4 nitrogen and oxygen atoms in total. The normalized spacial score (nSPS) is 17.3. The van der Waals surface area contributed by atoms with Gasteiger partial charge in [0.15, 0.2) is 4.34 Å². The Labute approximate surface area is 97.3 Å². The molecule has 0 amide bonds. The summed E-state index contributed by atoms with van der Waals surface area (Å²) in [7, 11) is 0. The molecule has 15 heavy (non-hydrogen) atoms. The van der Waals surface area contributed by atoms with Gasteiger partial charge in [0.1, 0.15) is 11.9 Å². The second kappa shape index (κ2) is 4.92. The standard InChI is InChI=1S/C9H12N4S2/c1-6-11-9(15-13-6)14-5-8(4-10)12-7-2-3-7/h7-8,12H,2-3,5H2,1H3. The van der Waals surface area contributed by atoms with Crippen molar-refractivity contribution in [2.45, 2.75) is 36.2 Å². The van der Waals surface area contributed by atoms with Crippen molar-refractivity contribution < 1.29 is 0 Å². The zero-order chi connectivity index (χ0) is 10.7. The van der Waals surface area contributed by atoms with E-state index in [1.807, 2.05) is 6.92 Å². The van der Waals surface area contributed by atoms with E-state index in [2.05, 4.69) is 20.7 Å². The lowest BCUT2D eigenvalue weighted by Gasteiger charge is -2.08. The van der Waals surface area contributed by atoms with Crippen LogP contribution in [0.4, 0.5) is 0 Å². The van der Waals surface area contributed by atoms with Crippen LogP contribution < -0.4 is 5.32 Å². The zero-order valence-corrected chi connectivity index (χ0v) is 10.1. The molecular formula is C9H12N4S2. The number of rotatable bonds is 5. The van der Waals surface area contributed by atoms with Crippen LogP contribution in [0.15, 0.2) is 4.34 Å². The first-order valence-electron chi connectivity index (χ1n) is 4.86. The first kappa shape index (κ1) is 10.9. The quantitative estimate of drug-likeness (QED) is 0.792. The molecule has 1 unspecified atom stereocenters. The molecule has 1 aromatic heterocycles. The minimum Gasteiger partial charge on any atom is -0.298 e. The topological polar surface area (TPSA) is 61.6 Å². The molecule has 1 fully saturated rings. The van der Waals surface area contributed by atoms with Gasteiger partial charge in [-0.05, 0) is 31.3 Å². The van der Waals surface area contributed by atoms with E-state index in [0.717, 1.165) is 15.9 Å². The molecule has 0 saturated heterocycles. The summed E-state index contributed by atoms with van der Waals surface area (Å²) in [5, 5.41) is 12.2. The largest absolute Gasteiger partial charge is 0.298 e. The fourth-order valence-corrected chi connectivity index (χ4v) is 2.78. The Kier molecular flexibility index (Phi) is 3.57. The van der Waals surface area contributed by atoms with Gasteiger partial charge in [-0.1, -0.05) is 11.8 Å². The number of nitriles is 1.